The van der Waals surface area contributed by atoms with Crippen LogP contribution in [-0.2, 0) is 0 Å². The molecule has 102 valence electrons. The first kappa shape index (κ1) is 14.0. The second-order valence-electron chi connectivity index (χ2n) is 5.41. The van der Waals surface area contributed by atoms with E-state index in [0.29, 0.717) is 6.04 Å². The summed E-state index contributed by atoms with van der Waals surface area (Å²) >= 11 is 0. The van der Waals surface area contributed by atoms with Gasteiger partial charge < -0.3 is 10.6 Å². The topological polar surface area (TPSA) is 29.3 Å². The third-order valence-electron chi connectivity index (χ3n) is 4.03. The van der Waals surface area contributed by atoms with Crippen molar-refractivity contribution in [1.29, 1.82) is 0 Å². The normalized spacial score (nSPS) is 14.8. The van der Waals surface area contributed by atoms with Crippen molar-refractivity contribution in [3.05, 3.63) is 48.0 Å². The number of likely N-dealkylation sites (N-methyl/N-ethyl adjacent to an activating group) is 1. The van der Waals surface area contributed by atoms with E-state index in [4.69, 9.17) is 5.73 Å². The van der Waals surface area contributed by atoms with Gasteiger partial charge in [0.05, 0.1) is 0 Å². The average Bonchev–Trinajstić information content (AvgIpc) is 2.45. The summed E-state index contributed by atoms with van der Waals surface area (Å²) in [5.74, 6) is 0. The molecule has 0 saturated heterocycles. The molecule has 0 aliphatic heterocycles. The van der Waals surface area contributed by atoms with Gasteiger partial charge in [0.2, 0.25) is 0 Å². The van der Waals surface area contributed by atoms with Crippen LogP contribution in [0.3, 0.4) is 0 Å². The van der Waals surface area contributed by atoms with Gasteiger partial charge >= 0.3 is 0 Å². The SMILES string of the molecule is CCC(C)N(C)CC(N)c1ccc2ccccc2c1. The molecule has 2 unspecified atom stereocenters. The molecule has 2 aromatic rings. The average molecular weight is 256 g/mol. The molecule has 2 rings (SSSR count). The largest absolute Gasteiger partial charge is 0.323 e. The van der Waals surface area contributed by atoms with Crippen molar-refractivity contribution in [3.8, 4) is 0 Å². The van der Waals surface area contributed by atoms with Gasteiger partial charge in [-0.05, 0) is 42.8 Å². The summed E-state index contributed by atoms with van der Waals surface area (Å²) in [4.78, 5) is 2.33. The molecule has 0 aromatic heterocycles. The Morgan fingerprint density at radius 1 is 1.11 bits per heavy atom. The zero-order valence-corrected chi connectivity index (χ0v) is 12.1. The standard InChI is InChI=1S/C17H24N2/c1-4-13(2)19(3)12-17(18)16-10-9-14-7-5-6-8-15(14)11-16/h5-11,13,17H,4,12,18H2,1-3H3. The van der Waals surface area contributed by atoms with Crippen LogP contribution in [0.2, 0.25) is 0 Å². The van der Waals surface area contributed by atoms with Gasteiger partial charge in [0.15, 0.2) is 0 Å². The molecule has 0 aliphatic carbocycles. The molecule has 0 amide bonds. The lowest BCUT2D eigenvalue weighted by molar-refractivity contribution is 0.237. The van der Waals surface area contributed by atoms with E-state index in [0.717, 1.165) is 13.0 Å². The fourth-order valence-corrected chi connectivity index (χ4v) is 2.35. The summed E-state index contributed by atoms with van der Waals surface area (Å²) in [7, 11) is 2.15. The Kier molecular flexibility index (Phi) is 4.56. The van der Waals surface area contributed by atoms with E-state index < -0.39 is 0 Å². The molecule has 2 aromatic carbocycles. The summed E-state index contributed by atoms with van der Waals surface area (Å²) in [6, 6.07) is 15.6. The molecule has 0 aliphatic rings. The molecule has 0 bridgehead atoms. The molecule has 0 radical (unpaired) electrons. The van der Waals surface area contributed by atoms with Gasteiger partial charge in [0, 0.05) is 18.6 Å². The quantitative estimate of drug-likeness (QED) is 0.886. The lowest BCUT2D eigenvalue weighted by Crippen LogP contribution is -2.35. The van der Waals surface area contributed by atoms with E-state index in [-0.39, 0.29) is 6.04 Å². The Bertz CT molecular complexity index is 536. The highest BCUT2D eigenvalue weighted by molar-refractivity contribution is 5.83. The predicted octanol–water partition coefficient (Wildman–Crippen LogP) is 3.57. The Labute approximate surface area is 116 Å². The second-order valence-corrected chi connectivity index (χ2v) is 5.41. The molecule has 0 fully saturated rings. The van der Waals surface area contributed by atoms with Crippen LogP contribution in [0.25, 0.3) is 10.8 Å². The maximum atomic E-state index is 6.34. The highest BCUT2D eigenvalue weighted by atomic mass is 15.1. The minimum Gasteiger partial charge on any atom is -0.323 e. The van der Waals surface area contributed by atoms with Crippen LogP contribution in [0, 0.1) is 0 Å². The summed E-state index contributed by atoms with van der Waals surface area (Å²) in [6.07, 6.45) is 1.15. The minimum atomic E-state index is 0.0728. The van der Waals surface area contributed by atoms with Crippen molar-refractivity contribution in [2.24, 2.45) is 5.73 Å². The smallest absolute Gasteiger partial charge is 0.0424 e. The van der Waals surface area contributed by atoms with Gasteiger partial charge in [-0.15, -0.1) is 0 Å². The molecular formula is C17H24N2. The van der Waals surface area contributed by atoms with Crippen molar-refractivity contribution in [3.63, 3.8) is 0 Å². The van der Waals surface area contributed by atoms with Gasteiger partial charge in [-0.1, -0.05) is 43.3 Å². The van der Waals surface area contributed by atoms with Gasteiger partial charge in [0.25, 0.3) is 0 Å². The lowest BCUT2D eigenvalue weighted by atomic mass is 10.0. The van der Waals surface area contributed by atoms with Gasteiger partial charge in [0.1, 0.15) is 0 Å². The number of hydrogen-bond donors (Lipinski definition) is 1. The highest BCUT2D eigenvalue weighted by Crippen LogP contribution is 2.20. The van der Waals surface area contributed by atoms with Crippen molar-refractivity contribution in [2.45, 2.75) is 32.4 Å². The third-order valence-corrected chi connectivity index (χ3v) is 4.03. The first-order valence-corrected chi connectivity index (χ1v) is 7.06. The maximum Gasteiger partial charge on any atom is 0.0424 e. The molecule has 2 heteroatoms. The fraction of sp³-hybridized carbons (Fsp3) is 0.412. The second kappa shape index (κ2) is 6.18. The maximum absolute atomic E-state index is 6.34. The van der Waals surface area contributed by atoms with Crippen LogP contribution in [0.15, 0.2) is 42.5 Å². The van der Waals surface area contributed by atoms with Crippen molar-refractivity contribution in [2.75, 3.05) is 13.6 Å². The molecule has 2 atom stereocenters. The molecular weight excluding hydrogens is 232 g/mol. The van der Waals surface area contributed by atoms with Crippen molar-refractivity contribution >= 4 is 10.8 Å². The van der Waals surface area contributed by atoms with Gasteiger partial charge in [-0.2, -0.15) is 0 Å². The van der Waals surface area contributed by atoms with E-state index in [2.05, 4.69) is 68.3 Å². The van der Waals surface area contributed by atoms with Crippen LogP contribution < -0.4 is 5.73 Å². The van der Waals surface area contributed by atoms with Crippen LogP contribution in [0.1, 0.15) is 31.9 Å². The van der Waals surface area contributed by atoms with Crippen molar-refractivity contribution < 1.29 is 0 Å². The predicted molar refractivity (Wildman–Crippen MR) is 83.3 cm³/mol. The highest BCUT2D eigenvalue weighted by Gasteiger charge is 2.13. The molecule has 0 saturated carbocycles. The first-order valence-electron chi connectivity index (χ1n) is 7.06. The zero-order valence-electron chi connectivity index (χ0n) is 12.1. The molecule has 0 spiro atoms. The van der Waals surface area contributed by atoms with E-state index in [1.807, 2.05) is 0 Å². The van der Waals surface area contributed by atoms with E-state index in [1.54, 1.807) is 0 Å². The van der Waals surface area contributed by atoms with E-state index >= 15 is 0 Å². The molecule has 2 N–H and O–H groups in total. The number of nitrogens with zero attached hydrogens (tertiary/aromatic N) is 1. The third kappa shape index (κ3) is 3.34. The van der Waals surface area contributed by atoms with Crippen LogP contribution >= 0.6 is 0 Å². The minimum absolute atomic E-state index is 0.0728. The molecule has 0 heterocycles. The lowest BCUT2D eigenvalue weighted by Gasteiger charge is -2.26. The molecule has 2 nitrogen and oxygen atoms in total. The fourth-order valence-electron chi connectivity index (χ4n) is 2.35. The number of fused-ring (bicyclic) bond motifs is 1. The van der Waals surface area contributed by atoms with Gasteiger partial charge in [-0.25, -0.2) is 0 Å². The Balaban J connectivity index is 2.15. The number of rotatable bonds is 5. The Morgan fingerprint density at radius 2 is 1.79 bits per heavy atom. The number of hydrogen-bond acceptors (Lipinski definition) is 2. The van der Waals surface area contributed by atoms with E-state index in [9.17, 15) is 0 Å². The zero-order chi connectivity index (χ0) is 13.8. The van der Waals surface area contributed by atoms with Crippen LogP contribution in [0.4, 0.5) is 0 Å². The summed E-state index contributed by atoms with van der Waals surface area (Å²) in [5.41, 5.74) is 7.55. The van der Waals surface area contributed by atoms with Gasteiger partial charge in [-0.3, -0.25) is 0 Å². The van der Waals surface area contributed by atoms with E-state index in [1.165, 1.54) is 16.3 Å². The van der Waals surface area contributed by atoms with Crippen molar-refractivity contribution in [1.82, 2.24) is 4.90 Å². The summed E-state index contributed by atoms with van der Waals surface area (Å²) < 4.78 is 0. The summed E-state index contributed by atoms with van der Waals surface area (Å²) in [6.45, 7) is 5.35. The Morgan fingerprint density at radius 3 is 2.47 bits per heavy atom. The summed E-state index contributed by atoms with van der Waals surface area (Å²) in [5, 5.41) is 2.54. The monoisotopic (exact) mass is 256 g/mol. The first-order chi connectivity index (χ1) is 9.11. The number of nitrogens with two attached hydrogens (primary N) is 1. The Hall–Kier alpha value is -1.38. The molecule has 19 heavy (non-hydrogen) atoms. The van der Waals surface area contributed by atoms with Crippen LogP contribution in [0.5, 0.6) is 0 Å². The van der Waals surface area contributed by atoms with Crippen LogP contribution in [-0.4, -0.2) is 24.5 Å². The number of benzene rings is 2.